The van der Waals surface area contributed by atoms with Gasteiger partial charge in [0.15, 0.2) is 5.82 Å². The Morgan fingerprint density at radius 3 is 2.53 bits per heavy atom. The minimum Gasteiger partial charge on any atom is -0.465 e. The number of hydrogen-bond acceptors (Lipinski definition) is 7. The van der Waals surface area contributed by atoms with Crippen molar-refractivity contribution >= 4 is 17.6 Å². The van der Waals surface area contributed by atoms with Crippen LogP contribution >= 0.6 is 0 Å². The summed E-state index contributed by atoms with van der Waals surface area (Å²) in [4.78, 5) is 21.5. The Morgan fingerprint density at radius 2 is 2.00 bits per heavy atom. The smallest absolute Gasteiger partial charge is 0.345 e. The van der Waals surface area contributed by atoms with Crippen LogP contribution in [0, 0.1) is 0 Å². The summed E-state index contributed by atoms with van der Waals surface area (Å²) in [6, 6.07) is 1.68. The highest BCUT2D eigenvalue weighted by Crippen LogP contribution is 2.26. The van der Waals surface area contributed by atoms with Crippen LogP contribution in [0.2, 0.25) is 0 Å². The van der Waals surface area contributed by atoms with E-state index in [9.17, 15) is 4.79 Å². The van der Waals surface area contributed by atoms with Crippen molar-refractivity contribution in [3.63, 3.8) is 0 Å². The van der Waals surface area contributed by atoms with Crippen molar-refractivity contribution < 1.29 is 9.53 Å². The van der Waals surface area contributed by atoms with Crippen molar-refractivity contribution in [3.05, 3.63) is 24.0 Å². The molecule has 8 nitrogen and oxygen atoms in total. The van der Waals surface area contributed by atoms with Crippen molar-refractivity contribution in [1.29, 1.82) is 0 Å². The van der Waals surface area contributed by atoms with Crippen LogP contribution in [-0.4, -0.2) is 46.9 Å². The molecule has 0 spiro atoms. The zero-order valence-electron chi connectivity index (χ0n) is 10.9. The molecule has 0 bridgehead atoms. The van der Waals surface area contributed by atoms with E-state index in [2.05, 4.69) is 15.1 Å². The lowest BCUT2D eigenvalue weighted by atomic mass is 10.3. The van der Waals surface area contributed by atoms with Crippen molar-refractivity contribution in [2.24, 2.45) is 0 Å². The van der Waals surface area contributed by atoms with Crippen LogP contribution in [0.3, 0.4) is 0 Å². The van der Waals surface area contributed by atoms with Crippen LogP contribution in [-0.2, 0) is 4.74 Å². The van der Waals surface area contributed by atoms with Crippen LogP contribution in [0.4, 0.5) is 11.6 Å². The van der Waals surface area contributed by atoms with E-state index in [1.807, 2.05) is 0 Å². The number of aromatic nitrogens is 4. The average molecular weight is 262 g/mol. The topological polar surface area (TPSA) is 99.2 Å². The highest BCUT2D eigenvalue weighted by Gasteiger charge is 2.25. The van der Waals surface area contributed by atoms with Crippen LogP contribution in [0.5, 0.6) is 0 Å². The first-order chi connectivity index (χ1) is 9.06. The van der Waals surface area contributed by atoms with E-state index in [0.717, 1.165) is 0 Å². The Balaban J connectivity index is 2.62. The predicted molar refractivity (Wildman–Crippen MR) is 69.2 cm³/mol. The largest absolute Gasteiger partial charge is 0.465 e. The van der Waals surface area contributed by atoms with Gasteiger partial charge in [-0.2, -0.15) is 4.68 Å². The molecular weight excluding hydrogens is 248 g/mol. The van der Waals surface area contributed by atoms with Crippen molar-refractivity contribution in [1.82, 2.24) is 19.7 Å². The summed E-state index contributed by atoms with van der Waals surface area (Å²) in [6.45, 7) is 0. The molecule has 0 unspecified atom stereocenters. The second-order valence-electron chi connectivity index (χ2n) is 3.93. The Morgan fingerprint density at radius 1 is 1.37 bits per heavy atom. The van der Waals surface area contributed by atoms with Crippen molar-refractivity contribution in [2.45, 2.75) is 0 Å². The molecule has 0 fully saturated rings. The van der Waals surface area contributed by atoms with E-state index in [4.69, 9.17) is 10.5 Å². The number of rotatable bonds is 3. The minimum atomic E-state index is -0.552. The monoisotopic (exact) mass is 262 g/mol. The maximum atomic E-state index is 11.8. The highest BCUT2D eigenvalue weighted by atomic mass is 16.5. The van der Waals surface area contributed by atoms with Gasteiger partial charge in [0.05, 0.1) is 7.11 Å². The SMILES string of the molecule is COC(=O)c1c(N(C)C)nn(-c2ncccn2)c1N. The molecule has 0 aliphatic rings. The molecule has 2 aromatic heterocycles. The lowest BCUT2D eigenvalue weighted by Crippen LogP contribution is -2.14. The summed E-state index contributed by atoms with van der Waals surface area (Å²) in [5.41, 5.74) is 6.14. The molecule has 2 aromatic rings. The highest BCUT2D eigenvalue weighted by molar-refractivity contribution is 6.00. The minimum absolute atomic E-state index is 0.141. The maximum Gasteiger partial charge on any atom is 0.345 e. The molecular formula is C11H14N6O2. The van der Waals surface area contributed by atoms with Crippen molar-refractivity contribution in [3.8, 4) is 5.95 Å². The van der Waals surface area contributed by atoms with Crippen LogP contribution in [0.25, 0.3) is 5.95 Å². The van der Waals surface area contributed by atoms with E-state index in [-0.39, 0.29) is 11.4 Å². The lowest BCUT2D eigenvalue weighted by Gasteiger charge is -2.09. The quantitative estimate of drug-likeness (QED) is 0.783. The molecule has 0 radical (unpaired) electrons. The molecule has 0 amide bonds. The van der Waals surface area contributed by atoms with E-state index in [1.54, 1.807) is 37.5 Å². The Bertz CT molecular complexity index is 593. The van der Waals surface area contributed by atoms with E-state index >= 15 is 0 Å². The number of esters is 1. The summed E-state index contributed by atoms with van der Waals surface area (Å²) < 4.78 is 6.02. The fourth-order valence-electron chi connectivity index (χ4n) is 1.58. The molecule has 0 atom stereocenters. The standard InChI is InChI=1S/C11H14N6O2/c1-16(2)9-7(10(18)19-3)8(12)17(15-9)11-13-5-4-6-14-11/h4-6H,12H2,1-3H3. The first-order valence-electron chi connectivity index (χ1n) is 5.47. The van der Waals surface area contributed by atoms with E-state index < -0.39 is 5.97 Å². The lowest BCUT2D eigenvalue weighted by molar-refractivity contribution is 0.0602. The third-order valence-corrected chi connectivity index (χ3v) is 2.46. The second-order valence-corrected chi connectivity index (χ2v) is 3.93. The van der Waals surface area contributed by atoms with Crippen molar-refractivity contribution in [2.75, 3.05) is 31.8 Å². The van der Waals surface area contributed by atoms with Gasteiger partial charge in [-0.3, -0.25) is 0 Å². The van der Waals surface area contributed by atoms with Gasteiger partial charge >= 0.3 is 5.97 Å². The first-order valence-corrected chi connectivity index (χ1v) is 5.47. The Hall–Kier alpha value is -2.64. The van der Waals surface area contributed by atoms with Gasteiger partial charge in [0.1, 0.15) is 11.4 Å². The molecule has 0 aromatic carbocycles. The molecule has 0 saturated carbocycles. The van der Waals surface area contributed by atoms with Gasteiger partial charge in [-0.15, -0.1) is 5.10 Å². The van der Waals surface area contributed by atoms with Gasteiger partial charge in [0.2, 0.25) is 0 Å². The molecule has 8 heteroatoms. The number of ether oxygens (including phenoxy) is 1. The zero-order chi connectivity index (χ0) is 14.0. The molecule has 0 saturated heterocycles. The van der Waals surface area contributed by atoms with Crippen LogP contribution in [0.1, 0.15) is 10.4 Å². The summed E-state index contributed by atoms with van der Waals surface area (Å²) in [5.74, 6) is 0.278. The number of carbonyl (C=O) groups excluding carboxylic acids is 1. The fourth-order valence-corrected chi connectivity index (χ4v) is 1.58. The average Bonchev–Trinajstić information content (AvgIpc) is 2.77. The molecule has 0 aliphatic heterocycles. The van der Waals surface area contributed by atoms with Crippen LogP contribution in [0.15, 0.2) is 18.5 Å². The summed E-state index contributed by atoms with van der Waals surface area (Å²) in [7, 11) is 4.80. The zero-order valence-corrected chi connectivity index (χ0v) is 10.9. The number of nitrogens with zero attached hydrogens (tertiary/aromatic N) is 5. The molecule has 2 N–H and O–H groups in total. The molecule has 2 heterocycles. The number of hydrogen-bond donors (Lipinski definition) is 1. The Kier molecular flexibility index (Phi) is 3.32. The number of nitrogens with two attached hydrogens (primary N) is 1. The molecule has 19 heavy (non-hydrogen) atoms. The number of methoxy groups -OCH3 is 1. The molecule has 2 rings (SSSR count). The summed E-state index contributed by atoms with van der Waals surface area (Å²) in [6.07, 6.45) is 3.13. The van der Waals surface area contributed by atoms with Gasteiger partial charge < -0.3 is 15.4 Å². The number of anilines is 2. The normalized spacial score (nSPS) is 10.3. The fraction of sp³-hybridized carbons (Fsp3) is 0.273. The maximum absolute atomic E-state index is 11.8. The molecule has 0 aliphatic carbocycles. The third-order valence-electron chi connectivity index (χ3n) is 2.46. The second kappa shape index (κ2) is 4.92. The van der Waals surface area contributed by atoms with Crippen LogP contribution < -0.4 is 10.6 Å². The van der Waals surface area contributed by atoms with E-state index in [1.165, 1.54) is 11.8 Å². The number of nitrogen functional groups attached to an aromatic ring is 1. The summed E-state index contributed by atoms with van der Waals surface area (Å²) >= 11 is 0. The Labute approximate surface area is 109 Å². The van der Waals surface area contributed by atoms with Gasteiger partial charge in [0.25, 0.3) is 5.95 Å². The van der Waals surface area contributed by atoms with Gasteiger partial charge in [0, 0.05) is 26.5 Å². The summed E-state index contributed by atoms with van der Waals surface area (Å²) in [5, 5.41) is 4.24. The third kappa shape index (κ3) is 2.19. The van der Waals surface area contributed by atoms with Gasteiger partial charge in [-0.1, -0.05) is 0 Å². The molecule has 100 valence electrons. The predicted octanol–water partition coefficient (Wildman–Crippen LogP) is 0.0971. The van der Waals surface area contributed by atoms with Gasteiger partial charge in [-0.05, 0) is 6.07 Å². The first kappa shape index (κ1) is 12.8. The number of carbonyl (C=O) groups is 1. The van der Waals surface area contributed by atoms with Gasteiger partial charge in [-0.25, -0.2) is 14.8 Å². The van der Waals surface area contributed by atoms with E-state index in [0.29, 0.717) is 11.8 Å².